The van der Waals surface area contributed by atoms with Gasteiger partial charge >= 0.3 is 0 Å². The van der Waals surface area contributed by atoms with Crippen molar-refractivity contribution in [3.8, 4) is 0 Å². The van der Waals surface area contributed by atoms with Gasteiger partial charge in [-0.2, -0.15) is 0 Å². The second-order valence-electron chi connectivity index (χ2n) is 6.25. The van der Waals surface area contributed by atoms with Crippen LogP contribution in [0.25, 0.3) is 0 Å². The van der Waals surface area contributed by atoms with Crippen molar-refractivity contribution in [2.24, 2.45) is 0 Å². The Morgan fingerprint density at radius 3 is 2.12 bits per heavy atom. The molecule has 1 aliphatic carbocycles. The van der Waals surface area contributed by atoms with E-state index in [-0.39, 0.29) is 0 Å². The highest BCUT2D eigenvalue weighted by Gasteiger charge is 2.19. The number of allylic oxidation sites excluding steroid dienone is 1. The molecule has 0 aromatic heterocycles. The lowest BCUT2D eigenvalue weighted by Crippen LogP contribution is -2.31. The minimum Gasteiger partial charge on any atom is -0.411 e. The monoisotopic (exact) mass is 254 g/mol. The number of hydrogen-bond acceptors (Lipinski definition) is 1. The standard InChI is InChI=1S/C15H30OSi/c1-17(2,3)16-15-13-11-9-7-5-4-6-8-10-12-14-15/h11,13,15H,4-10,12,14H2,1-3H3. The van der Waals surface area contributed by atoms with Crippen LogP contribution in [0.5, 0.6) is 0 Å². The number of rotatable bonds is 2. The third-order valence-corrected chi connectivity index (χ3v) is 4.22. The summed E-state index contributed by atoms with van der Waals surface area (Å²) in [6, 6.07) is 0. The van der Waals surface area contributed by atoms with Crippen LogP contribution in [-0.2, 0) is 4.43 Å². The van der Waals surface area contributed by atoms with Crippen LogP contribution in [0.2, 0.25) is 19.6 Å². The summed E-state index contributed by atoms with van der Waals surface area (Å²) in [4.78, 5) is 0. The van der Waals surface area contributed by atoms with Gasteiger partial charge in [0.05, 0.1) is 6.10 Å². The third-order valence-electron chi connectivity index (χ3n) is 3.22. The molecule has 0 aliphatic heterocycles. The van der Waals surface area contributed by atoms with Crippen LogP contribution in [0.3, 0.4) is 0 Å². The average Bonchev–Trinajstić information content (AvgIpc) is 2.20. The van der Waals surface area contributed by atoms with Crippen molar-refractivity contribution in [3.05, 3.63) is 12.2 Å². The lowest BCUT2D eigenvalue weighted by atomic mass is 10.0. The minimum atomic E-state index is -1.39. The van der Waals surface area contributed by atoms with Crippen LogP contribution in [0, 0.1) is 0 Å². The summed E-state index contributed by atoms with van der Waals surface area (Å²) in [7, 11) is -1.39. The van der Waals surface area contributed by atoms with E-state index in [0.717, 1.165) is 0 Å². The Labute approximate surface area is 109 Å². The molecule has 0 aromatic carbocycles. The van der Waals surface area contributed by atoms with Gasteiger partial charge in [0.1, 0.15) is 0 Å². The fourth-order valence-corrected chi connectivity index (χ4v) is 3.49. The molecule has 2 heteroatoms. The van der Waals surface area contributed by atoms with Crippen molar-refractivity contribution in [2.45, 2.75) is 83.5 Å². The summed E-state index contributed by atoms with van der Waals surface area (Å²) < 4.78 is 6.23. The maximum Gasteiger partial charge on any atom is 0.184 e. The zero-order chi connectivity index (χ0) is 12.6. The first-order valence-electron chi connectivity index (χ1n) is 7.42. The van der Waals surface area contributed by atoms with Crippen molar-refractivity contribution in [2.75, 3.05) is 0 Å². The highest BCUT2D eigenvalue weighted by molar-refractivity contribution is 6.69. The maximum absolute atomic E-state index is 6.23. The Morgan fingerprint density at radius 1 is 0.882 bits per heavy atom. The Morgan fingerprint density at radius 2 is 1.47 bits per heavy atom. The molecule has 0 radical (unpaired) electrons. The predicted molar refractivity (Wildman–Crippen MR) is 78.9 cm³/mol. The molecule has 0 fully saturated rings. The Kier molecular flexibility index (Phi) is 7.13. The molecule has 1 nitrogen and oxygen atoms in total. The molecule has 100 valence electrons. The van der Waals surface area contributed by atoms with Crippen molar-refractivity contribution in [3.63, 3.8) is 0 Å². The molecule has 1 atom stereocenters. The minimum absolute atomic E-state index is 0.390. The summed E-state index contributed by atoms with van der Waals surface area (Å²) in [6.45, 7) is 6.87. The largest absolute Gasteiger partial charge is 0.411 e. The SMILES string of the molecule is C[Si](C)(C)OC1C=CCCCCCCCCC1. The van der Waals surface area contributed by atoms with Gasteiger partial charge in [0.25, 0.3) is 0 Å². The second-order valence-corrected chi connectivity index (χ2v) is 10.7. The van der Waals surface area contributed by atoms with E-state index in [9.17, 15) is 0 Å². The molecule has 1 unspecified atom stereocenters. The van der Waals surface area contributed by atoms with Gasteiger partial charge in [0, 0.05) is 0 Å². The van der Waals surface area contributed by atoms with E-state index in [1.807, 2.05) is 0 Å². The van der Waals surface area contributed by atoms with E-state index >= 15 is 0 Å². The van der Waals surface area contributed by atoms with Crippen LogP contribution >= 0.6 is 0 Å². The smallest absolute Gasteiger partial charge is 0.184 e. The van der Waals surface area contributed by atoms with Gasteiger partial charge in [0.2, 0.25) is 0 Å². The van der Waals surface area contributed by atoms with Crippen LogP contribution in [0.1, 0.15) is 57.8 Å². The first-order chi connectivity index (χ1) is 8.08. The third kappa shape index (κ3) is 8.61. The lowest BCUT2D eigenvalue weighted by Gasteiger charge is -2.24. The normalized spacial score (nSPS) is 25.0. The van der Waals surface area contributed by atoms with Gasteiger partial charge in [0.15, 0.2) is 8.32 Å². The molecule has 17 heavy (non-hydrogen) atoms. The average molecular weight is 254 g/mol. The van der Waals surface area contributed by atoms with E-state index < -0.39 is 8.32 Å². The molecule has 0 spiro atoms. The molecular weight excluding hydrogens is 224 g/mol. The molecule has 0 saturated heterocycles. The Balaban J connectivity index is 2.43. The quantitative estimate of drug-likeness (QED) is 0.481. The summed E-state index contributed by atoms with van der Waals surface area (Å²) >= 11 is 0. The zero-order valence-corrected chi connectivity index (χ0v) is 13.0. The van der Waals surface area contributed by atoms with E-state index in [4.69, 9.17) is 4.43 Å². The van der Waals surface area contributed by atoms with Gasteiger partial charge in [-0.25, -0.2) is 0 Å². The van der Waals surface area contributed by atoms with Crippen LogP contribution in [0.4, 0.5) is 0 Å². The van der Waals surface area contributed by atoms with Crippen molar-refractivity contribution in [1.82, 2.24) is 0 Å². The first-order valence-corrected chi connectivity index (χ1v) is 10.8. The van der Waals surface area contributed by atoms with Crippen molar-refractivity contribution < 1.29 is 4.43 Å². The van der Waals surface area contributed by atoms with Gasteiger partial charge in [-0.3, -0.25) is 0 Å². The van der Waals surface area contributed by atoms with E-state index in [1.54, 1.807) is 0 Å². The lowest BCUT2D eigenvalue weighted by molar-refractivity contribution is 0.225. The molecule has 0 aromatic rings. The predicted octanol–water partition coefficient (Wildman–Crippen LogP) is 5.29. The highest BCUT2D eigenvalue weighted by atomic mass is 28.4. The zero-order valence-electron chi connectivity index (χ0n) is 12.0. The van der Waals surface area contributed by atoms with E-state index in [0.29, 0.717) is 6.10 Å². The molecule has 0 heterocycles. The summed E-state index contributed by atoms with van der Waals surface area (Å²) in [5, 5.41) is 0. The van der Waals surface area contributed by atoms with Crippen molar-refractivity contribution in [1.29, 1.82) is 0 Å². The highest BCUT2D eigenvalue weighted by Crippen LogP contribution is 2.17. The first kappa shape index (κ1) is 15.0. The molecule has 1 aliphatic rings. The summed E-state index contributed by atoms with van der Waals surface area (Å²) in [5.41, 5.74) is 0. The molecular formula is C15H30OSi. The van der Waals surface area contributed by atoms with Gasteiger partial charge in [-0.05, 0) is 38.9 Å². The topological polar surface area (TPSA) is 9.23 Å². The van der Waals surface area contributed by atoms with Crippen molar-refractivity contribution >= 4 is 8.32 Å². The van der Waals surface area contributed by atoms with Gasteiger partial charge in [-0.1, -0.05) is 50.7 Å². The fraction of sp³-hybridized carbons (Fsp3) is 0.867. The molecule has 0 saturated carbocycles. The maximum atomic E-state index is 6.23. The Bertz CT molecular complexity index is 217. The van der Waals surface area contributed by atoms with Gasteiger partial charge < -0.3 is 4.43 Å². The van der Waals surface area contributed by atoms with E-state index in [1.165, 1.54) is 57.8 Å². The molecule has 0 bridgehead atoms. The van der Waals surface area contributed by atoms with Crippen LogP contribution < -0.4 is 0 Å². The molecule has 1 rings (SSSR count). The van der Waals surface area contributed by atoms with Gasteiger partial charge in [-0.15, -0.1) is 0 Å². The molecule has 0 N–H and O–H groups in total. The van der Waals surface area contributed by atoms with Crippen LogP contribution in [0.15, 0.2) is 12.2 Å². The fourth-order valence-electron chi connectivity index (χ4n) is 2.39. The Hall–Kier alpha value is -0.0831. The second kappa shape index (κ2) is 8.10. The van der Waals surface area contributed by atoms with E-state index in [2.05, 4.69) is 31.8 Å². The molecule has 0 amide bonds. The number of hydrogen-bond donors (Lipinski definition) is 0. The summed E-state index contributed by atoms with van der Waals surface area (Å²) in [6.07, 6.45) is 17.3. The van der Waals surface area contributed by atoms with Crippen LogP contribution in [-0.4, -0.2) is 14.4 Å². The summed E-state index contributed by atoms with van der Waals surface area (Å²) in [5.74, 6) is 0.